The van der Waals surface area contributed by atoms with Crippen LogP contribution in [0.1, 0.15) is 37.6 Å². The minimum atomic E-state index is 0.352. The number of thioether (sulfide) groups is 1. The Kier molecular flexibility index (Phi) is 3.85. The van der Waals surface area contributed by atoms with Crippen LogP contribution in [0.4, 0.5) is 0 Å². The van der Waals surface area contributed by atoms with Crippen LogP contribution >= 0.6 is 11.8 Å². The predicted molar refractivity (Wildman–Crippen MR) is 82.9 cm³/mol. The second-order valence-electron chi connectivity index (χ2n) is 5.28. The maximum absolute atomic E-state index is 6.16. The van der Waals surface area contributed by atoms with Gasteiger partial charge in [-0.25, -0.2) is 0 Å². The molecule has 2 heterocycles. The second kappa shape index (κ2) is 5.59. The van der Waals surface area contributed by atoms with E-state index in [1.165, 1.54) is 23.1 Å². The lowest BCUT2D eigenvalue weighted by Gasteiger charge is -2.18. The van der Waals surface area contributed by atoms with Crippen LogP contribution < -0.4 is 5.32 Å². The van der Waals surface area contributed by atoms with Gasteiger partial charge in [-0.05, 0) is 31.6 Å². The molecule has 0 bridgehead atoms. The van der Waals surface area contributed by atoms with Gasteiger partial charge in [-0.1, -0.05) is 25.1 Å². The molecule has 2 nitrogen and oxygen atoms in total. The molecular formula is C16H21NOS. The molecule has 1 N–H and O–H groups in total. The summed E-state index contributed by atoms with van der Waals surface area (Å²) < 4.78 is 6.16. The molecule has 3 rings (SSSR count). The molecule has 2 atom stereocenters. The SMILES string of the molecule is CCc1c(C2CSCCC(C)N2)oc2ccccc12. The number of rotatable bonds is 2. The molecule has 0 saturated carbocycles. The molecule has 0 aliphatic carbocycles. The summed E-state index contributed by atoms with van der Waals surface area (Å²) in [6.45, 7) is 4.49. The molecule has 1 fully saturated rings. The van der Waals surface area contributed by atoms with Crippen molar-refractivity contribution in [2.45, 2.75) is 38.8 Å². The number of hydrogen-bond donors (Lipinski definition) is 1. The van der Waals surface area contributed by atoms with Crippen LogP contribution in [0.2, 0.25) is 0 Å². The maximum atomic E-state index is 6.16. The van der Waals surface area contributed by atoms with Gasteiger partial charge in [0.05, 0.1) is 6.04 Å². The van der Waals surface area contributed by atoms with Crippen molar-refractivity contribution < 1.29 is 4.42 Å². The first-order valence-corrected chi connectivity index (χ1v) is 8.29. The molecule has 1 aliphatic rings. The van der Waals surface area contributed by atoms with E-state index in [1.807, 2.05) is 17.8 Å². The molecule has 2 unspecified atom stereocenters. The van der Waals surface area contributed by atoms with Gasteiger partial charge in [-0.3, -0.25) is 0 Å². The lowest BCUT2D eigenvalue weighted by atomic mass is 10.0. The molecular weight excluding hydrogens is 254 g/mol. The zero-order chi connectivity index (χ0) is 13.2. The molecule has 0 radical (unpaired) electrons. The summed E-state index contributed by atoms with van der Waals surface area (Å²) in [4.78, 5) is 0. The van der Waals surface area contributed by atoms with E-state index in [4.69, 9.17) is 4.42 Å². The highest BCUT2D eigenvalue weighted by molar-refractivity contribution is 7.99. The van der Waals surface area contributed by atoms with Crippen molar-refractivity contribution in [3.05, 3.63) is 35.6 Å². The van der Waals surface area contributed by atoms with Crippen molar-refractivity contribution in [2.75, 3.05) is 11.5 Å². The fraction of sp³-hybridized carbons (Fsp3) is 0.500. The van der Waals surface area contributed by atoms with E-state index in [-0.39, 0.29) is 0 Å². The van der Waals surface area contributed by atoms with Crippen LogP contribution in [0.15, 0.2) is 28.7 Å². The van der Waals surface area contributed by atoms with Crippen molar-refractivity contribution >= 4 is 22.7 Å². The predicted octanol–water partition coefficient (Wildman–Crippen LogP) is 4.15. The van der Waals surface area contributed by atoms with Crippen LogP contribution in [-0.4, -0.2) is 17.5 Å². The zero-order valence-electron chi connectivity index (χ0n) is 11.6. The summed E-state index contributed by atoms with van der Waals surface area (Å²) in [5.74, 6) is 3.51. The van der Waals surface area contributed by atoms with Gasteiger partial charge in [0.25, 0.3) is 0 Å². The molecule has 102 valence electrons. The number of hydrogen-bond acceptors (Lipinski definition) is 3. The van der Waals surface area contributed by atoms with Gasteiger partial charge < -0.3 is 9.73 Å². The summed E-state index contributed by atoms with van der Waals surface area (Å²) in [6.07, 6.45) is 2.27. The zero-order valence-corrected chi connectivity index (χ0v) is 12.4. The largest absolute Gasteiger partial charge is 0.459 e. The van der Waals surface area contributed by atoms with Crippen molar-refractivity contribution in [3.63, 3.8) is 0 Å². The van der Waals surface area contributed by atoms with Crippen LogP contribution in [0.25, 0.3) is 11.0 Å². The molecule has 1 aromatic heterocycles. The Morgan fingerprint density at radius 3 is 3.05 bits per heavy atom. The maximum Gasteiger partial charge on any atom is 0.134 e. The number of benzene rings is 1. The highest BCUT2D eigenvalue weighted by Gasteiger charge is 2.24. The molecule has 19 heavy (non-hydrogen) atoms. The Balaban J connectivity index is 2.03. The number of nitrogens with one attached hydrogen (secondary N) is 1. The van der Waals surface area contributed by atoms with E-state index in [9.17, 15) is 0 Å². The van der Waals surface area contributed by atoms with Crippen molar-refractivity contribution in [3.8, 4) is 0 Å². The highest BCUT2D eigenvalue weighted by atomic mass is 32.2. The van der Waals surface area contributed by atoms with Crippen LogP contribution in [0.3, 0.4) is 0 Å². The Morgan fingerprint density at radius 2 is 2.21 bits per heavy atom. The quantitative estimate of drug-likeness (QED) is 0.891. The number of furan rings is 1. The fourth-order valence-corrected chi connectivity index (χ4v) is 4.02. The first-order valence-electron chi connectivity index (χ1n) is 7.13. The van der Waals surface area contributed by atoms with Gasteiger partial charge >= 0.3 is 0 Å². The first-order chi connectivity index (χ1) is 9.29. The van der Waals surface area contributed by atoms with E-state index in [0.29, 0.717) is 12.1 Å². The normalized spacial score (nSPS) is 24.5. The summed E-state index contributed by atoms with van der Waals surface area (Å²) in [5.41, 5.74) is 2.40. The summed E-state index contributed by atoms with van der Waals surface area (Å²) in [5, 5.41) is 5.00. The topological polar surface area (TPSA) is 25.2 Å². The van der Waals surface area contributed by atoms with Gasteiger partial charge in [-0.2, -0.15) is 11.8 Å². The second-order valence-corrected chi connectivity index (χ2v) is 6.43. The van der Waals surface area contributed by atoms with Crippen LogP contribution in [0.5, 0.6) is 0 Å². The van der Waals surface area contributed by atoms with Gasteiger partial charge in [0, 0.05) is 22.7 Å². The molecule has 1 aliphatic heterocycles. The molecule has 1 aromatic carbocycles. The monoisotopic (exact) mass is 275 g/mol. The lowest BCUT2D eigenvalue weighted by molar-refractivity contribution is 0.413. The van der Waals surface area contributed by atoms with Crippen molar-refractivity contribution in [2.24, 2.45) is 0 Å². The van der Waals surface area contributed by atoms with E-state index in [0.717, 1.165) is 23.5 Å². The molecule has 3 heteroatoms. The highest BCUT2D eigenvalue weighted by Crippen LogP contribution is 2.33. The lowest BCUT2D eigenvalue weighted by Crippen LogP contribution is -2.30. The number of para-hydroxylation sites is 1. The summed E-state index contributed by atoms with van der Waals surface area (Å²) in [7, 11) is 0. The Morgan fingerprint density at radius 1 is 1.37 bits per heavy atom. The Hall–Kier alpha value is -0.930. The third-order valence-corrected chi connectivity index (χ3v) is 4.96. The van der Waals surface area contributed by atoms with E-state index in [2.05, 4.69) is 37.4 Å². The van der Waals surface area contributed by atoms with Crippen molar-refractivity contribution in [1.29, 1.82) is 0 Å². The van der Waals surface area contributed by atoms with Gasteiger partial charge in [0.1, 0.15) is 11.3 Å². The number of fused-ring (bicyclic) bond motifs is 1. The van der Waals surface area contributed by atoms with Crippen LogP contribution in [-0.2, 0) is 6.42 Å². The third kappa shape index (κ3) is 2.54. The van der Waals surface area contributed by atoms with E-state index < -0.39 is 0 Å². The average Bonchev–Trinajstić information content (AvgIpc) is 2.66. The minimum absolute atomic E-state index is 0.352. The fourth-order valence-electron chi connectivity index (χ4n) is 2.85. The van der Waals surface area contributed by atoms with E-state index >= 15 is 0 Å². The molecule has 1 saturated heterocycles. The Labute approximate surface area is 118 Å². The third-order valence-electron chi connectivity index (χ3n) is 3.86. The Bertz CT molecular complexity index is 563. The molecule has 0 amide bonds. The molecule has 0 spiro atoms. The average molecular weight is 275 g/mol. The smallest absolute Gasteiger partial charge is 0.134 e. The standard InChI is InChI=1S/C16H21NOS/c1-3-12-13-6-4-5-7-15(13)18-16(12)14-10-19-9-8-11(2)17-14/h4-7,11,14,17H,3,8-10H2,1-2H3. The summed E-state index contributed by atoms with van der Waals surface area (Å²) in [6, 6.07) is 9.31. The van der Waals surface area contributed by atoms with E-state index in [1.54, 1.807) is 0 Å². The first kappa shape index (κ1) is 13.1. The van der Waals surface area contributed by atoms with Crippen molar-refractivity contribution in [1.82, 2.24) is 5.32 Å². The van der Waals surface area contributed by atoms with Crippen LogP contribution in [0, 0.1) is 0 Å². The van der Waals surface area contributed by atoms with Gasteiger partial charge in [0.15, 0.2) is 0 Å². The minimum Gasteiger partial charge on any atom is -0.459 e. The summed E-state index contributed by atoms with van der Waals surface area (Å²) >= 11 is 2.03. The number of aryl methyl sites for hydroxylation is 1. The van der Waals surface area contributed by atoms with Gasteiger partial charge in [-0.15, -0.1) is 0 Å². The van der Waals surface area contributed by atoms with Gasteiger partial charge in [0.2, 0.25) is 0 Å². The molecule has 2 aromatic rings.